The molecule has 0 radical (unpaired) electrons. The fourth-order valence-electron chi connectivity index (χ4n) is 2.51. The van der Waals surface area contributed by atoms with Gasteiger partial charge in [-0.3, -0.25) is 4.79 Å². The lowest BCUT2D eigenvalue weighted by molar-refractivity contribution is 0.0690. The number of carbonyl (C=O) groups is 1. The van der Waals surface area contributed by atoms with Gasteiger partial charge in [-0.1, -0.05) is 6.92 Å². The third-order valence-corrected chi connectivity index (χ3v) is 3.55. The van der Waals surface area contributed by atoms with Crippen LogP contribution in [0.5, 0.6) is 0 Å². The van der Waals surface area contributed by atoms with E-state index in [1.54, 1.807) is 4.90 Å². The van der Waals surface area contributed by atoms with Gasteiger partial charge in [-0.05, 0) is 44.0 Å². The smallest absolute Gasteiger partial charge is 0.256 e. The molecule has 1 atom stereocenters. The Morgan fingerprint density at radius 2 is 2.25 bits per heavy atom. The number of likely N-dealkylation sites (tertiary alicyclic amines) is 1. The average Bonchev–Trinajstić information content (AvgIpc) is 2.47. The van der Waals surface area contributed by atoms with Crippen LogP contribution in [0.25, 0.3) is 0 Å². The third kappa shape index (κ3) is 3.54. The zero-order valence-corrected chi connectivity index (χ0v) is 11.7. The number of rotatable bonds is 4. The van der Waals surface area contributed by atoms with Crippen LogP contribution in [-0.4, -0.2) is 36.5 Å². The number of carbonyl (C=O) groups excluding carboxylic acids is 1. The maximum absolute atomic E-state index is 13.6. The van der Waals surface area contributed by atoms with Gasteiger partial charge in [0.2, 0.25) is 0 Å². The maximum Gasteiger partial charge on any atom is 0.256 e. The molecule has 5 heteroatoms. The highest BCUT2D eigenvalue weighted by Gasteiger charge is 2.25. The third-order valence-electron chi connectivity index (χ3n) is 3.55. The first kappa shape index (κ1) is 14.9. The number of piperidine rings is 1. The van der Waals surface area contributed by atoms with E-state index >= 15 is 0 Å². The standard InChI is InChI=1S/C15H20F2N2O/c1-2-7-18-12-4-3-8-19(10-12)15(20)13-9-11(16)5-6-14(13)17/h5-6,9,12,18H,2-4,7-8,10H2,1H3. The van der Waals surface area contributed by atoms with E-state index in [-0.39, 0.29) is 11.6 Å². The molecule has 1 N–H and O–H groups in total. The van der Waals surface area contributed by atoms with E-state index in [4.69, 9.17) is 0 Å². The van der Waals surface area contributed by atoms with Crippen LogP contribution in [-0.2, 0) is 0 Å². The summed E-state index contributed by atoms with van der Waals surface area (Å²) in [5.41, 5.74) is -0.179. The first-order valence-electron chi connectivity index (χ1n) is 7.09. The summed E-state index contributed by atoms with van der Waals surface area (Å²) in [4.78, 5) is 13.9. The van der Waals surface area contributed by atoms with E-state index in [0.717, 1.165) is 44.0 Å². The van der Waals surface area contributed by atoms with Crippen molar-refractivity contribution in [2.75, 3.05) is 19.6 Å². The van der Waals surface area contributed by atoms with Gasteiger partial charge in [0.25, 0.3) is 5.91 Å². The Bertz CT molecular complexity index is 479. The van der Waals surface area contributed by atoms with Crippen molar-refractivity contribution in [3.63, 3.8) is 0 Å². The van der Waals surface area contributed by atoms with Gasteiger partial charge >= 0.3 is 0 Å². The van der Waals surface area contributed by atoms with Gasteiger partial charge in [-0.25, -0.2) is 8.78 Å². The summed E-state index contributed by atoms with van der Waals surface area (Å²) in [7, 11) is 0. The molecule has 1 amide bonds. The number of benzene rings is 1. The molecule has 1 heterocycles. The summed E-state index contributed by atoms with van der Waals surface area (Å²) >= 11 is 0. The van der Waals surface area contributed by atoms with Crippen molar-refractivity contribution >= 4 is 5.91 Å². The predicted octanol–water partition coefficient (Wildman–Crippen LogP) is 2.57. The quantitative estimate of drug-likeness (QED) is 0.920. The van der Waals surface area contributed by atoms with Crippen molar-refractivity contribution in [1.29, 1.82) is 0 Å². The van der Waals surface area contributed by atoms with E-state index in [1.807, 2.05) is 0 Å². The van der Waals surface area contributed by atoms with E-state index in [0.29, 0.717) is 13.1 Å². The first-order valence-corrected chi connectivity index (χ1v) is 7.09. The minimum atomic E-state index is -0.667. The monoisotopic (exact) mass is 282 g/mol. The average molecular weight is 282 g/mol. The van der Waals surface area contributed by atoms with Gasteiger partial charge in [0.1, 0.15) is 11.6 Å². The normalized spacial score (nSPS) is 19.1. The Kier molecular flexibility index (Phi) is 5.06. The molecule has 2 rings (SSSR count). The first-order chi connectivity index (χ1) is 9.61. The Morgan fingerprint density at radius 3 is 3.00 bits per heavy atom. The summed E-state index contributed by atoms with van der Waals surface area (Å²) in [5, 5.41) is 3.37. The summed E-state index contributed by atoms with van der Waals surface area (Å²) in [5.74, 6) is -1.68. The molecule has 0 bridgehead atoms. The second-order valence-electron chi connectivity index (χ2n) is 5.17. The summed E-state index contributed by atoms with van der Waals surface area (Å²) in [6, 6.07) is 3.23. The minimum absolute atomic E-state index is 0.179. The van der Waals surface area contributed by atoms with Crippen molar-refractivity contribution in [2.45, 2.75) is 32.2 Å². The van der Waals surface area contributed by atoms with Crippen LogP contribution in [0.2, 0.25) is 0 Å². The Morgan fingerprint density at radius 1 is 1.45 bits per heavy atom. The van der Waals surface area contributed by atoms with E-state index in [1.165, 1.54) is 0 Å². The van der Waals surface area contributed by atoms with Crippen LogP contribution >= 0.6 is 0 Å². The van der Waals surface area contributed by atoms with Crippen LogP contribution in [0.3, 0.4) is 0 Å². The predicted molar refractivity (Wildman–Crippen MR) is 73.6 cm³/mol. The van der Waals surface area contributed by atoms with Crippen molar-refractivity contribution < 1.29 is 13.6 Å². The molecule has 1 aliphatic rings. The number of nitrogens with one attached hydrogen (secondary N) is 1. The number of hydrogen-bond donors (Lipinski definition) is 1. The fourth-order valence-corrected chi connectivity index (χ4v) is 2.51. The molecule has 0 spiro atoms. The minimum Gasteiger partial charge on any atom is -0.337 e. The van der Waals surface area contributed by atoms with Crippen LogP contribution in [0.1, 0.15) is 36.5 Å². The van der Waals surface area contributed by atoms with Gasteiger partial charge in [-0.2, -0.15) is 0 Å². The Hall–Kier alpha value is -1.49. The second kappa shape index (κ2) is 6.79. The molecule has 20 heavy (non-hydrogen) atoms. The van der Waals surface area contributed by atoms with Crippen molar-refractivity contribution in [3.05, 3.63) is 35.4 Å². The molecule has 1 aliphatic heterocycles. The van der Waals surface area contributed by atoms with Crippen molar-refractivity contribution in [3.8, 4) is 0 Å². The Balaban J connectivity index is 2.06. The number of hydrogen-bond acceptors (Lipinski definition) is 2. The molecule has 1 fully saturated rings. The topological polar surface area (TPSA) is 32.3 Å². The van der Waals surface area contributed by atoms with Crippen LogP contribution in [0.15, 0.2) is 18.2 Å². The van der Waals surface area contributed by atoms with E-state index in [9.17, 15) is 13.6 Å². The number of nitrogens with zero attached hydrogens (tertiary/aromatic N) is 1. The van der Waals surface area contributed by atoms with Crippen LogP contribution < -0.4 is 5.32 Å². The maximum atomic E-state index is 13.6. The van der Waals surface area contributed by atoms with Gasteiger partial charge in [0.15, 0.2) is 0 Å². The summed E-state index contributed by atoms with van der Waals surface area (Å²) in [6.45, 7) is 4.13. The highest BCUT2D eigenvalue weighted by molar-refractivity contribution is 5.94. The molecule has 1 saturated heterocycles. The lowest BCUT2D eigenvalue weighted by Gasteiger charge is -2.33. The fraction of sp³-hybridized carbons (Fsp3) is 0.533. The highest BCUT2D eigenvalue weighted by atomic mass is 19.1. The molecule has 1 aromatic rings. The molecular weight excluding hydrogens is 262 g/mol. The van der Waals surface area contributed by atoms with E-state index < -0.39 is 17.5 Å². The Labute approximate surface area is 118 Å². The lowest BCUT2D eigenvalue weighted by atomic mass is 10.0. The molecular formula is C15H20F2N2O. The molecule has 1 unspecified atom stereocenters. The van der Waals surface area contributed by atoms with Crippen molar-refractivity contribution in [1.82, 2.24) is 10.2 Å². The SMILES string of the molecule is CCCNC1CCCN(C(=O)c2cc(F)ccc2F)C1. The van der Waals surface area contributed by atoms with Crippen molar-refractivity contribution in [2.24, 2.45) is 0 Å². The van der Waals surface area contributed by atoms with Crippen LogP contribution in [0.4, 0.5) is 8.78 Å². The number of halogens is 2. The second-order valence-corrected chi connectivity index (χ2v) is 5.17. The molecule has 0 saturated carbocycles. The lowest BCUT2D eigenvalue weighted by Crippen LogP contribution is -2.48. The van der Waals surface area contributed by atoms with Gasteiger partial charge < -0.3 is 10.2 Å². The summed E-state index contributed by atoms with van der Waals surface area (Å²) < 4.78 is 26.8. The summed E-state index contributed by atoms with van der Waals surface area (Å²) in [6.07, 6.45) is 2.92. The van der Waals surface area contributed by atoms with E-state index in [2.05, 4.69) is 12.2 Å². The molecule has 1 aromatic carbocycles. The molecule has 0 aromatic heterocycles. The number of amides is 1. The molecule has 110 valence electrons. The van der Waals surface area contributed by atoms with Crippen LogP contribution in [0, 0.1) is 11.6 Å². The highest BCUT2D eigenvalue weighted by Crippen LogP contribution is 2.17. The van der Waals surface area contributed by atoms with Gasteiger partial charge in [0, 0.05) is 19.1 Å². The largest absolute Gasteiger partial charge is 0.337 e. The van der Waals surface area contributed by atoms with Gasteiger partial charge in [-0.15, -0.1) is 0 Å². The molecule has 3 nitrogen and oxygen atoms in total. The zero-order valence-electron chi connectivity index (χ0n) is 11.7. The van der Waals surface area contributed by atoms with Gasteiger partial charge in [0.05, 0.1) is 5.56 Å². The zero-order chi connectivity index (χ0) is 14.5. The molecule has 0 aliphatic carbocycles.